The third-order valence-electron chi connectivity index (χ3n) is 6.57. The molecule has 8 nitrogen and oxygen atoms in total. The molecule has 0 saturated carbocycles. The summed E-state index contributed by atoms with van der Waals surface area (Å²) in [4.78, 5) is 29.6. The number of nitrogens with one attached hydrogen (secondary N) is 1. The average Bonchev–Trinajstić information content (AvgIpc) is 3.44. The van der Waals surface area contributed by atoms with Gasteiger partial charge in [-0.15, -0.1) is 0 Å². The average molecular weight is 467 g/mol. The van der Waals surface area contributed by atoms with Gasteiger partial charge in [0.2, 0.25) is 10.0 Å². The van der Waals surface area contributed by atoms with E-state index in [2.05, 4.69) is 4.98 Å². The zero-order valence-corrected chi connectivity index (χ0v) is 19.3. The van der Waals surface area contributed by atoms with Gasteiger partial charge in [0.25, 0.3) is 5.91 Å². The van der Waals surface area contributed by atoms with E-state index in [4.69, 9.17) is 0 Å². The Kier molecular flexibility index (Phi) is 5.46. The van der Waals surface area contributed by atoms with Gasteiger partial charge in [0.15, 0.2) is 0 Å². The number of imidazole rings is 1. The van der Waals surface area contributed by atoms with Gasteiger partial charge in [-0.3, -0.25) is 9.36 Å². The molecule has 1 aliphatic carbocycles. The smallest absolute Gasteiger partial charge is 0.330 e. The molecule has 1 aliphatic heterocycles. The summed E-state index contributed by atoms with van der Waals surface area (Å²) in [7, 11) is -3.58. The number of sulfonamides is 1. The van der Waals surface area contributed by atoms with Gasteiger partial charge < -0.3 is 9.88 Å². The first-order valence-corrected chi connectivity index (χ1v) is 12.6. The summed E-state index contributed by atoms with van der Waals surface area (Å²) in [6.45, 7) is 3.03. The number of nitrogens with zero attached hydrogens (tertiary/aromatic N) is 3. The Morgan fingerprint density at radius 2 is 1.64 bits per heavy atom. The van der Waals surface area contributed by atoms with Gasteiger partial charge in [0.05, 0.1) is 10.6 Å². The minimum atomic E-state index is -3.58. The molecule has 2 aromatic carbocycles. The molecule has 0 atom stereocenters. The molecule has 0 radical (unpaired) electrons. The molecular formula is C24H26N4O4S. The molecule has 3 aromatic rings. The standard InChI is InChI=1S/C24H26N4O4S/c1-17-16-25-24(30)28(17)21-8-5-19(6-9-21)23(29)26-11-13-27(14-12-26)33(31,32)22-10-7-18-3-2-4-20(18)15-22/h5-10,15-16H,2-4,11-14H2,1H3,(H,25,30). The summed E-state index contributed by atoms with van der Waals surface area (Å²) < 4.78 is 29.3. The molecule has 2 aliphatic rings. The Morgan fingerprint density at radius 3 is 2.30 bits per heavy atom. The van der Waals surface area contributed by atoms with Crippen molar-refractivity contribution in [2.45, 2.75) is 31.1 Å². The number of hydrogen-bond acceptors (Lipinski definition) is 4. The maximum atomic E-state index is 13.1. The van der Waals surface area contributed by atoms with Crippen LogP contribution in [0, 0.1) is 6.92 Å². The fraction of sp³-hybridized carbons (Fsp3) is 0.333. The third kappa shape index (κ3) is 3.91. The Balaban J connectivity index is 1.26. The first-order valence-electron chi connectivity index (χ1n) is 11.1. The zero-order valence-electron chi connectivity index (χ0n) is 18.5. The van der Waals surface area contributed by atoms with Crippen molar-refractivity contribution < 1.29 is 13.2 Å². The number of fused-ring (bicyclic) bond motifs is 1. The summed E-state index contributed by atoms with van der Waals surface area (Å²) in [5, 5.41) is 0. The summed E-state index contributed by atoms with van der Waals surface area (Å²) in [6.07, 6.45) is 4.65. The number of benzene rings is 2. The summed E-state index contributed by atoms with van der Waals surface area (Å²) in [6, 6.07) is 12.3. The minimum Gasteiger partial charge on any atom is -0.336 e. The van der Waals surface area contributed by atoms with Crippen LogP contribution in [0.1, 0.15) is 33.6 Å². The van der Waals surface area contributed by atoms with Crippen LogP contribution in [0.5, 0.6) is 0 Å². The van der Waals surface area contributed by atoms with Crippen LogP contribution in [0.25, 0.3) is 5.69 Å². The number of hydrogen-bond donors (Lipinski definition) is 1. The van der Waals surface area contributed by atoms with Gasteiger partial charge in [-0.2, -0.15) is 4.31 Å². The molecule has 33 heavy (non-hydrogen) atoms. The molecule has 172 valence electrons. The number of aryl methyl sites for hydroxylation is 3. The number of aromatic amines is 1. The van der Waals surface area contributed by atoms with Crippen molar-refractivity contribution in [3.63, 3.8) is 0 Å². The van der Waals surface area contributed by atoms with Gasteiger partial charge in [0, 0.05) is 43.6 Å². The molecule has 0 unspecified atom stereocenters. The second-order valence-corrected chi connectivity index (χ2v) is 10.5. The van der Waals surface area contributed by atoms with E-state index >= 15 is 0 Å². The van der Waals surface area contributed by atoms with E-state index in [1.807, 2.05) is 19.1 Å². The molecule has 0 bridgehead atoms. The summed E-state index contributed by atoms with van der Waals surface area (Å²) in [5.41, 5.74) is 4.11. The summed E-state index contributed by atoms with van der Waals surface area (Å²) >= 11 is 0. The highest BCUT2D eigenvalue weighted by Gasteiger charge is 2.31. The van der Waals surface area contributed by atoms with Crippen molar-refractivity contribution >= 4 is 15.9 Å². The largest absolute Gasteiger partial charge is 0.336 e. The van der Waals surface area contributed by atoms with Crippen molar-refractivity contribution in [2.24, 2.45) is 0 Å². The van der Waals surface area contributed by atoms with Crippen molar-refractivity contribution in [1.82, 2.24) is 18.8 Å². The first kappa shape index (κ1) is 21.7. The van der Waals surface area contributed by atoms with Crippen molar-refractivity contribution in [1.29, 1.82) is 0 Å². The van der Waals surface area contributed by atoms with Crippen LogP contribution in [0.2, 0.25) is 0 Å². The Labute approximate surface area is 192 Å². The van der Waals surface area contributed by atoms with Crippen LogP contribution in [0.3, 0.4) is 0 Å². The molecule has 1 N–H and O–H groups in total. The molecule has 1 fully saturated rings. The van der Waals surface area contributed by atoms with E-state index in [9.17, 15) is 18.0 Å². The lowest BCUT2D eigenvalue weighted by atomic mass is 10.1. The highest BCUT2D eigenvalue weighted by molar-refractivity contribution is 7.89. The Morgan fingerprint density at radius 1 is 0.939 bits per heavy atom. The molecule has 1 aromatic heterocycles. The highest BCUT2D eigenvalue weighted by atomic mass is 32.2. The minimum absolute atomic E-state index is 0.144. The van der Waals surface area contributed by atoms with Gasteiger partial charge in [-0.05, 0) is 73.7 Å². The fourth-order valence-electron chi connectivity index (χ4n) is 4.70. The monoisotopic (exact) mass is 466 g/mol. The lowest BCUT2D eigenvalue weighted by Gasteiger charge is -2.34. The van der Waals surface area contributed by atoms with Gasteiger partial charge in [-0.25, -0.2) is 13.2 Å². The van der Waals surface area contributed by atoms with Crippen LogP contribution < -0.4 is 5.69 Å². The number of aromatic nitrogens is 2. The normalized spacial score (nSPS) is 16.7. The molecule has 0 spiro atoms. The number of carbonyl (C=O) groups is 1. The fourth-order valence-corrected chi connectivity index (χ4v) is 6.17. The van der Waals surface area contributed by atoms with Crippen LogP contribution in [0.4, 0.5) is 0 Å². The van der Waals surface area contributed by atoms with Crippen LogP contribution in [-0.2, 0) is 22.9 Å². The summed E-state index contributed by atoms with van der Waals surface area (Å²) in [5.74, 6) is -0.144. The second-order valence-electron chi connectivity index (χ2n) is 8.60. The van der Waals surface area contributed by atoms with Crippen LogP contribution in [0.15, 0.2) is 58.4 Å². The van der Waals surface area contributed by atoms with E-state index in [0.717, 1.165) is 30.5 Å². The molecule has 1 amide bonds. The first-order chi connectivity index (χ1) is 15.8. The lowest BCUT2D eigenvalue weighted by Crippen LogP contribution is -2.50. The number of carbonyl (C=O) groups excluding carboxylic acids is 1. The molecule has 2 heterocycles. The maximum Gasteiger partial charge on any atom is 0.330 e. The SMILES string of the molecule is Cc1c[nH]c(=O)n1-c1ccc(C(=O)N2CCN(S(=O)(=O)c3ccc4c(c3)CCC4)CC2)cc1. The quantitative estimate of drug-likeness (QED) is 0.637. The zero-order chi connectivity index (χ0) is 23.2. The molecule has 9 heteroatoms. The van der Waals surface area contributed by atoms with E-state index in [1.54, 1.807) is 41.4 Å². The van der Waals surface area contributed by atoms with Gasteiger partial charge in [-0.1, -0.05) is 6.07 Å². The lowest BCUT2D eigenvalue weighted by molar-refractivity contribution is 0.0698. The third-order valence-corrected chi connectivity index (χ3v) is 8.46. The highest BCUT2D eigenvalue weighted by Crippen LogP contribution is 2.27. The molecule has 1 saturated heterocycles. The second kappa shape index (κ2) is 8.31. The van der Waals surface area contributed by atoms with E-state index in [1.165, 1.54) is 14.4 Å². The van der Waals surface area contributed by atoms with E-state index in [-0.39, 0.29) is 24.7 Å². The molecular weight excluding hydrogens is 440 g/mol. The predicted molar refractivity (Wildman–Crippen MR) is 124 cm³/mol. The number of H-pyrrole nitrogens is 1. The van der Waals surface area contributed by atoms with Gasteiger partial charge in [0.1, 0.15) is 0 Å². The Hall–Kier alpha value is -3.17. The van der Waals surface area contributed by atoms with Crippen LogP contribution >= 0.6 is 0 Å². The van der Waals surface area contributed by atoms with E-state index < -0.39 is 10.0 Å². The van der Waals surface area contributed by atoms with Crippen molar-refractivity contribution in [3.05, 3.63) is 81.5 Å². The van der Waals surface area contributed by atoms with E-state index in [0.29, 0.717) is 29.2 Å². The molecule has 5 rings (SSSR count). The predicted octanol–water partition coefficient (Wildman–Crippen LogP) is 2.11. The Bertz CT molecular complexity index is 1360. The number of rotatable bonds is 4. The van der Waals surface area contributed by atoms with Crippen molar-refractivity contribution in [2.75, 3.05) is 26.2 Å². The maximum absolute atomic E-state index is 13.1. The van der Waals surface area contributed by atoms with Gasteiger partial charge >= 0.3 is 5.69 Å². The number of piperazine rings is 1. The van der Waals surface area contributed by atoms with Crippen molar-refractivity contribution in [3.8, 4) is 5.69 Å². The van der Waals surface area contributed by atoms with Crippen LogP contribution in [-0.4, -0.2) is 59.3 Å². The number of amides is 1. The topological polar surface area (TPSA) is 95.5 Å².